The van der Waals surface area contributed by atoms with E-state index in [0.717, 1.165) is 23.7 Å². The third-order valence-corrected chi connectivity index (χ3v) is 3.01. The van der Waals surface area contributed by atoms with Gasteiger partial charge in [-0.05, 0) is 55.8 Å². The molecule has 0 aliphatic rings. The SMILES string of the molecule is COc1ccc(NCC(C)Oc2cccc(C)c2)cc1. The van der Waals surface area contributed by atoms with Gasteiger partial charge in [-0.3, -0.25) is 0 Å². The summed E-state index contributed by atoms with van der Waals surface area (Å²) in [5.74, 6) is 1.77. The molecule has 2 aromatic rings. The predicted molar refractivity (Wildman–Crippen MR) is 82.8 cm³/mol. The molecule has 0 fully saturated rings. The van der Waals surface area contributed by atoms with E-state index < -0.39 is 0 Å². The molecular formula is C17H21NO2. The maximum atomic E-state index is 5.87. The fourth-order valence-electron chi connectivity index (χ4n) is 1.93. The van der Waals surface area contributed by atoms with Gasteiger partial charge < -0.3 is 14.8 Å². The number of aryl methyl sites for hydroxylation is 1. The second-order valence-corrected chi connectivity index (χ2v) is 4.85. The minimum atomic E-state index is 0.0962. The Bertz CT molecular complexity index is 537. The number of ether oxygens (including phenoxy) is 2. The molecule has 3 heteroatoms. The fraction of sp³-hybridized carbons (Fsp3) is 0.294. The van der Waals surface area contributed by atoms with Crippen molar-refractivity contribution < 1.29 is 9.47 Å². The number of nitrogens with one attached hydrogen (secondary N) is 1. The fourth-order valence-corrected chi connectivity index (χ4v) is 1.93. The maximum absolute atomic E-state index is 5.87. The lowest BCUT2D eigenvalue weighted by molar-refractivity contribution is 0.234. The molecule has 0 heterocycles. The minimum absolute atomic E-state index is 0.0962. The van der Waals surface area contributed by atoms with Crippen LogP contribution < -0.4 is 14.8 Å². The number of hydrogen-bond donors (Lipinski definition) is 1. The van der Waals surface area contributed by atoms with Crippen molar-refractivity contribution in [1.82, 2.24) is 0 Å². The van der Waals surface area contributed by atoms with E-state index in [-0.39, 0.29) is 6.10 Å². The molecule has 0 saturated carbocycles. The molecule has 106 valence electrons. The molecule has 0 aliphatic heterocycles. The van der Waals surface area contributed by atoms with Crippen molar-refractivity contribution in [3.63, 3.8) is 0 Å². The van der Waals surface area contributed by atoms with Crippen molar-refractivity contribution in [1.29, 1.82) is 0 Å². The average Bonchev–Trinajstić information content (AvgIpc) is 2.46. The molecular weight excluding hydrogens is 250 g/mol. The minimum Gasteiger partial charge on any atom is -0.497 e. The topological polar surface area (TPSA) is 30.5 Å². The molecule has 3 nitrogen and oxygen atoms in total. The first-order chi connectivity index (χ1) is 9.67. The summed E-state index contributed by atoms with van der Waals surface area (Å²) in [7, 11) is 1.67. The largest absolute Gasteiger partial charge is 0.497 e. The second kappa shape index (κ2) is 6.85. The highest BCUT2D eigenvalue weighted by molar-refractivity contribution is 5.46. The van der Waals surface area contributed by atoms with Gasteiger partial charge in [-0.1, -0.05) is 12.1 Å². The van der Waals surface area contributed by atoms with Gasteiger partial charge in [0.15, 0.2) is 0 Å². The highest BCUT2D eigenvalue weighted by Gasteiger charge is 2.04. The lowest BCUT2D eigenvalue weighted by Crippen LogP contribution is -2.22. The van der Waals surface area contributed by atoms with Crippen LogP contribution in [0, 0.1) is 6.92 Å². The van der Waals surface area contributed by atoms with Crippen LogP contribution in [0.5, 0.6) is 11.5 Å². The quantitative estimate of drug-likeness (QED) is 0.864. The van der Waals surface area contributed by atoms with E-state index in [1.807, 2.05) is 42.5 Å². The van der Waals surface area contributed by atoms with Gasteiger partial charge in [0.1, 0.15) is 17.6 Å². The van der Waals surface area contributed by atoms with Crippen LogP contribution in [0.4, 0.5) is 5.69 Å². The normalized spacial score (nSPS) is 11.8. The van der Waals surface area contributed by atoms with Crippen LogP contribution in [0.25, 0.3) is 0 Å². The third-order valence-electron chi connectivity index (χ3n) is 3.01. The standard InChI is InChI=1S/C17H21NO2/c1-13-5-4-6-17(11-13)20-14(2)12-18-15-7-9-16(19-3)10-8-15/h4-11,14,18H,12H2,1-3H3. The van der Waals surface area contributed by atoms with Gasteiger partial charge >= 0.3 is 0 Å². The van der Waals surface area contributed by atoms with Gasteiger partial charge in [0.2, 0.25) is 0 Å². The summed E-state index contributed by atoms with van der Waals surface area (Å²) in [6, 6.07) is 16.0. The third kappa shape index (κ3) is 4.19. The monoisotopic (exact) mass is 271 g/mol. The van der Waals surface area contributed by atoms with E-state index in [1.165, 1.54) is 5.56 Å². The summed E-state index contributed by atoms with van der Waals surface area (Å²) in [5, 5.41) is 3.35. The summed E-state index contributed by atoms with van der Waals surface area (Å²) < 4.78 is 11.0. The number of rotatable bonds is 6. The van der Waals surface area contributed by atoms with Crippen molar-refractivity contribution >= 4 is 5.69 Å². The summed E-state index contributed by atoms with van der Waals surface area (Å²) in [6.45, 7) is 4.87. The number of hydrogen-bond acceptors (Lipinski definition) is 3. The Morgan fingerprint density at radius 1 is 1.05 bits per heavy atom. The zero-order valence-electron chi connectivity index (χ0n) is 12.2. The van der Waals surface area contributed by atoms with Crippen LogP contribution in [0.15, 0.2) is 48.5 Å². The van der Waals surface area contributed by atoms with Gasteiger partial charge in [0.25, 0.3) is 0 Å². The van der Waals surface area contributed by atoms with E-state index in [2.05, 4.69) is 25.2 Å². The van der Waals surface area contributed by atoms with Crippen molar-refractivity contribution in [2.24, 2.45) is 0 Å². The Kier molecular flexibility index (Phi) is 4.88. The Hall–Kier alpha value is -2.16. The van der Waals surface area contributed by atoms with Gasteiger partial charge in [-0.25, -0.2) is 0 Å². The van der Waals surface area contributed by atoms with E-state index in [4.69, 9.17) is 9.47 Å². The van der Waals surface area contributed by atoms with E-state index in [1.54, 1.807) is 7.11 Å². The summed E-state index contributed by atoms with van der Waals surface area (Å²) in [4.78, 5) is 0. The Morgan fingerprint density at radius 2 is 1.80 bits per heavy atom. The van der Waals surface area contributed by atoms with Crippen molar-refractivity contribution in [2.75, 3.05) is 19.0 Å². The zero-order chi connectivity index (χ0) is 14.4. The van der Waals surface area contributed by atoms with Crippen LogP contribution >= 0.6 is 0 Å². The molecule has 0 spiro atoms. The summed E-state index contributed by atoms with van der Waals surface area (Å²) in [6.07, 6.45) is 0.0962. The van der Waals surface area contributed by atoms with E-state index >= 15 is 0 Å². The summed E-state index contributed by atoms with van der Waals surface area (Å²) in [5.41, 5.74) is 2.27. The van der Waals surface area contributed by atoms with Crippen LogP contribution in [0.1, 0.15) is 12.5 Å². The molecule has 2 aromatic carbocycles. The first-order valence-corrected chi connectivity index (χ1v) is 6.78. The Balaban J connectivity index is 1.83. The molecule has 20 heavy (non-hydrogen) atoms. The number of anilines is 1. The molecule has 0 aromatic heterocycles. The molecule has 0 aliphatic carbocycles. The number of methoxy groups -OCH3 is 1. The predicted octanol–water partition coefficient (Wildman–Crippen LogP) is 3.88. The van der Waals surface area contributed by atoms with Crippen LogP contribution in [0.2, 0.25) is 0 Å². The second-order valence-electron chi connectivity index (χ2n) is 4.85. The van der Waals surface area contributed by atoms with Gasteiger partial charge in [0.05, 0.1) is 13.7 Å². The molecule has 0 radical (unpaired) electrons. The van der Waals surface area contributed by atoms with Gasteiger partial charge in [-0.2, -0.15) is 0 Å². The first kappa shape index (κ1) is 14.3. The smallest absolute Gasteiger partial charge is 0.120 e. The van der Waals surface area contributed by atoms with Gasteiger partial charge in [0, 0.05) is 5.69 Å². The van der Waals surface area contributed by atoms with Crippen molar-refractivity contribution in [3.05, 3.63) is 54.1 Å². The molecule has 1 atom stereocenters. The van der Waals surface area contributed by atoms with Gasteiger partial charge in [-0.15, -0.1) is 0 Å². The van der Waals surface area contributed by atoms with Crippen LogP contribution in [-0.2, 0) is 0 Å². The Morgan fingerprint density at radius 3 is 2.45 bits per heavy atom. The number of benzene rings is 2. The first-order valence-electron chi connectivity index (χ1n) is 6.78. The molecule has 0 bridgehead atoms. The van der Waals surface area contributed by atoms with E-state index in [9.17, 15) is 0 Å². The average molecular weight is 271 g/mol. The lowest BCUT2D eigenvalue weighted by Gasteiger charge is -2.16. The van der Waals surface area contributed by atoms with Crippen molar-refractivity contribution in [3.8, 4) is 11.5 Å². The zero-order valence-corrected chi connectivity index (χ0v) is 12.2. The highest BCUT2D eigenvalue weighted by atomic mass is 16.5. The molecule has 0 amide bonds. The Labute approximate surface area is 120 Å². The molecule has 1 unspecified atom stereocenters. The lowest BCUT2D eigenvalue weighted by atomic mass is 10.2. The van der Waals surface area contributed by atoms with Crippen molar-refractivity contribution in [2.45, 2.75) is 20.0 Å². The van der Waals surface area contributed by atoms with Crippen LogP contribution in [-0.4, -0.2) is 19.8 Å². The summed E-state index contributed by atoms with van der Waals surface area (Å²) >= 11 is 0. The maximum Gasteiger partial charge on any atom is 0.120 e. The molecule has 1 N–H and O–H groups in total. The molecule has 2 rings (SSSR count). The van der Waals surface area contributed by atoms with Crippen LogP contribution in [0.3, 0.4) is 0 Å². The van der Waals surface area contributed by atoms with E-state index in [0.29, 0.717) is 0 Å². The highest BCUT2D eigenvalue weighted by Crippen LogP contribution is 2.16. The molecule has 0 saturated heterocycles.